The summed E-state index contributed by atoms with van der Waals surface area (Å²) in [5.74, 6) is -0.446. The molecule has 0 fully saturated rings. The zero-order chi connectivity index (χ0) is 12.1. The van der Waals surface area contributed by atoms with Gasteiger partial charge in [0.05, 0.1) is 5.76 Å². The molecule has 0 aliphatic heterocycles. The molecule has 0 atom stereocenters. The lowest BCUT2D eigenvalue weighted by Crippen LogP contribution is -2.04. The molecule has 2 nitrogen and oxygen atoms in total. The molecule has 0 heterocycles. The molecule has 5 heteroatoms. The molecule has 0 aromatic heterocycles. The number of benzene rings is 1. The highest BCUT2D eigenvalue weighted by Crippen LogP contribution is 2.08. The Hall–Kier alpha value is -1.65. The fourth-order valence-corrected chi connectivity index (χ4v) is 1.16. The Balaban J connectivity index is 2.75. The van der Waals surface area contributed by atoms with Crippen molar-refractivity contribution >= 4 is 13.3 Å². The Bertz CT molecular complexity index is 399. The summed E-state index contributed by atoms with van der Waals surface area (Å²) < 4.78 is 27.7. The molecule has 0 aliphatic rings. The lowest BCUT2D eigenvalue weighted by atomic mass is 10.1. The number of halogens is 2. The summed E-state index contributed by atoms with van der Waals surface area (Å²) in [7, 11) is -2.90. The van der Waals surface area contributed by atoms with E-state index in [0.717, 1.165) is 11.6 Å². The SMILES string of the molecule is C/C(=C/C(=O)c1ccc(C)cc1)OB(F)F. The van der Waals surface area contributed by atoms with Gasteiger partial charge in [-0.05, 0) is 13.8 Å². The van der Waals surface area contributed by atoms with Crippen molar-refractivity contribution in [3.8, 4) is 0 Å². The normalized spacial score (nSPS) is 11.1. The van der Waals surface area contributed by atoms with E-state index < -0.39 is 7.47 Å². The van der Waals surface area contributed by atoms with E-state index in [4.69, 9.17) is 0 Å². The molecule has 1 aromatic carbocycles. The first-order chi connectivity index (χ1) is 7.49. The quantitative estimate of drug-likeness (QED) is 0.340. The minimum absolute atomic E-state index is 0.0967. The van der Waals surface area contributed by atoms with Gasteiger partial charge in [-0.1, -0.05) is 29.8 Å². The highest BCUT2D eigenvalue weighted by Gasteiger charge is 2.17. The maximum absolute atomic E-state index is 11.8. The van der Waals surface area contributed by atoms with Crippen LogP contribution in [0.25, 0.3) is 0 Å². The summed E-state index contributed by atoms with van der Waals surface area (Å²) in [6.07, 6.45) is 1.05. The van der Waals surface area contributed by atoms with Crippen LogP contribution in [0.4, 0.5) is 8.63 Å². The molecule has 1 aromatic rings. The van der Waals surface area contributed by atoms with E-state index in [9.17, 15) is 13.4 Å². The number of carbonyl (C=O) groups excluding carboxylic acids is 1. The van der Waals surface area contributed by atoms with Crippen LogP contribution in [0.2, 0.25) is 0 Å². The van der Waals surface area contributed by atoms with Crippen LogP contribution < -0.4 is 0 Å². The standard InChI is InChI=1S/C11H11BF2O2/c1-8-3-5-10(6-4-8)11(15)7-9(2)16-12(13)14/h3-7H,1-2H3/b9-7-. The first-order valence-corrected chi connectivity index (χ1v) is 4.73. The minimum atomic E-state index is -2.90. The molecule has 0 saturated carbocycles. The second-order valence-corrected chi connectivity index (χ2v) is 3.36. The third-order valence-corrected chi connectivity index (χ3v) is 1.95. The Morgan fingerprint density at radius 2 is 1.88 bits per heavy atom. The summed E-state index contributed by atoms with van der Waals surface area (Å²) in [6, 6.07) is 6.85. The topological polar surface area (TPSA) is 26.3 Å². The van der Waals surface area contributed by atoms with Gasteiger partial charge in [-0.15, -0.1) is 0 Å². The molecule has 0 saturated heterocycles. The van der Waals surface area contributed by atoms with E-state index >= 15 is 0 Å². The monoisotopic (exact) mass is 224 g/mol. The van der Waals surface area contributed by atoms with Gasteiger partial charge in [-0.25, -0.2) is 8.63 Å². The lowest BCUT2D eigenvalue weighted by molar-refractivity contribution is 0.104. The molecule has 1 rings (SSSR count). The van der Waals surface area contributed by atoms with Gasteiger partial charge in [0.2, 0.25) is 0 Å². The van der Waals surface area contributed by atoms with Crippen LogP contribution in [0.15, 0.2) is 36.1 Å². The molecule has 0 bridgehead atoms. The molecule has 0 amide bonds. The first-order valence-electron chi connectivity index (χ1n) is 4.73. The second-order valence-electron chi connectivity index (χ2n) is 3.36. The van der Waals surface area contributed by atoms with E-state index in [1.54, 1.807) is 24.3 Å². The summed E-state index contributed by atoms with van der Waals surface area (Å²) in [5, 5.41) is 0. The van der Waals surface area contributed by atoms with Gasteiger partial charge in [0, 0.05) is 11.6 Å². The molecule has 0 spiro atoms. The molecular formula is C11H11BF2O2. The smallest absolute Gasteiger partial charge is 0.509 e. The summed E-state index contributed by atoms with van der Waals surface area (Å²) in [5.41, 5.74) is 1.48. The van der Waals surface area contributed by atoms with E-state index in [1.165, 1.54) is 6.92 Å². The molecule has 16 heavy (non-hydrogen) atoms. The van der Waals surface area contributed by atoms with Gasteiger partial charge in [0.15, 0.2) is 5.78 Å². The number of ketones is 1. The van der Waals surface area contributed by atoms with Gasteiger partial charge in [-0.3, -0.25) is 4.79 Å². The van der Waals surface area contributed by atoms with Crippen molar-refractivity contribution in [1.29, 1.82) is 0 Å². The van der Waals surface area contributed by atoms with Crippen molar-refractivity contribution in [2.24, 2.45) is 0 Å². The number of rotatable bonds is 4. The molecule has 0 unspecified atom stereocenters. The van der Waals surface area contributed by atoms with Gasteiger partial charge in [0.25, 0.3) is 0 Å². The third-order valence-electron chi connectivity index (χ3n) is 1.95. The average molecular weight is 224 g/mol. The van der Waals surface area contributed by atoms with E-state index in [1.807, 2.05) is 6.92 Å². The number of aryl methyl sites for hydroxylation is 1. The fraction of sp³-hybridized carbons (Fsp3) is 0.182. The predicted octanol–water partition coefficient (Wildman–Crippen LogP) is 3.02. The largest absolute Gasteiger partial charge is 0.796 e. The number of carbonyl (C=O) groups is 1. The number of allylic oxidation sites excluding steroid dienone is 2. The van der Waals surface area contributed by atoms with Gasteiger partial charge >= 0.3 is 7.47 Å². The lowest BCUT2D eigenvalue weighted by Gasteiger charge is -2.02. The van der Waals surface area contributed by atoms with Crippen LogP contribution in [0.5, 0.6) is 0 Å². The van der Waals surface area contributed by atoms with Crippen molar-refractivity contribution in [2.45, 2.75) is 13.8 Å². The molecule has 0 N–H and O–H groups in total. The minimum Gasteiger partial charge on any atom is -0.509 e. The van der Waals surface area contributed by atoms with Crippen molar-refractivity contribution in [1.82, 2.24) is 0 Å². The van der Waals surface area contributed by atoms with Crippen molar-refractivity contribution in [3.63, 3.8) is 0 Å². The van der Waals surface area contributed by atoms with E-state index in [2.05, 4.69) is 4.65 Å². The summed E-state index contributed by atoms with van der Waals surface area (Å²) in [4.78, 5) is 11.5. The Labute approximate surface area is 93.1 Å². The first kappa shape index (κ1) is 12.4. The van der Waals surface area contributed by atoms with E-state index in [-0.39, 0.29) is 11.5 Å². The van der Waals surface area contributed by atoms with Gasteiger partial charge < -0.3 is 4.65 Å². The van der Waals surface area contributed by atoms with Crippen LogP contribution in [0.3, 0.4) is 0 Å². The predicted molar refractivity (Wildman–Crippen MR) is 58.3 cm³/mol. The Kier molecular flexibility index (Phi) is 4.23. The summed E-state index contributed by atoms with van der Waals surface area (Å²) in [6.45, 7) is 3.22. The van der Waals surface area contributed by atoms with Gasteiger partial charge in [-0.2, -0.15) is 0 Å². The third kappa shape index (κ3) is 3.84. The van der Waals surface area contributed by atoms with Crippen LogP contribution in [-0.2, 0) is 4.65 Å². The van der Waals surface area contributed by atoms with Crippen LogP contribution in [0, 0.1) is 6.92 Å². The summed E-state index contributed by atoms with van der Waals surface area (Å²) >= 11 is 0. The molecule has 0 radical (unpaired) electrons. The van der Waals surface area contributed by atoms with Crippen LogP contribution >= 0.6 is 0 Å². The maximum Gasteiger partial charge on any atom is 0.796 e. The van der Waals surface area contributed by atoms with Crippen LogP contribution in [0.1, 0.15) is 22.8 Å². The van der Waals surface area contributed by atoms with Crippen LogP contribution in [-0.4, -0.2) is 13.3 Å². The highest BCUT2D eigenvalue weighted by molar-refractivity contribution is 6.34. The Morgan fingerprint density at radius 1 is 1.31 bits per heavy atom. The molecular weight excluding hydrogens is 213 g/mol. The maximum atomic E-state index is 11.8. The highest BCUT2D eigenvalue weighted by atomic mass is 19.2. The second kappa shape index (κ2) is 5.44. The number of hydrogen-bond donors (Lipinski definition) is 0. The van der Waals surface area contributed by atoms with Crippen molar-refractivity contribution in [3.05, 3.63) is 47.2 Å². The van der Waals surface area contributed by atoms with Crippen molar-refractivity contribution in [2.75, 3.05) is 0 Å². The van der Waals surface area contributed by atoms with E-state index in [0.29, 0.717) is 5.56 Å². The van der Waals surface area contributed by atoms with Gasteiger partial charge in [0.1, 0.15) is 0 Å². The molecule has 84 valence electrons. The molecule has 0 aliphatic carbocycles. The zero-order valence-corrected chi connectivity index (χ0v) is 9.04. The fourth-order valence-electron chi connectivity index (χ4n) is 1.16. The number of hydrogen-bond acceptors (Lipinski definition) is 2. The van der Waals surface area contributed by atoms with Crippen molar-refractivity contribution < 1.29 is 18.1 Å². The average Bonchev–Trinajstić information content (AvgIpc) is 2.16. The Morgan fingerprint density at radius 3 is 2.38 bits per heavy atom. The zero-order valence-electron chi connectivity index (χ0n) is 9.04.